The van der Waals surface area contributed by atoms with E-state index in [0.29, 0.717) is 32.1 Å². The molecule has 3 heterocycles. The molecule has 1 aliphatic rings. The van der Waals surface area contributed by atoms with Crippen LogP contribution < -0.4 is 4.90 Å². The molecular formula is C13H16F2N6O2. The summed E-state index contributed by atoms with van der Waals surface area (Å²) in [7, 11) is 1.68. The Kier molecular flexibility index (Phi) is 4.33. The number of ether oxygens (including phenoxy) is 1. The summed E-state index contributed by atoms with van der Waals surface area (Å²) in [5.41, 5.74) is 0.233. The third-order valence-corrected chi connectivity index (χ3v) is 3.60. The van der Waals surface area contributed by atoms with E-state index in [9.17, 15) is 13.6 Å². The summed E-state index contributed by atoms with van der Waals surface area (Å²) in [6.07, 6.45) is -2.77. The minimum Gasteiger partial charge on any atom is -0.378 e. The Bertz CT molecular complexity index is 701. The number of carbonyl (C=O) groups is 1. The molecule has 10 heteroatoms. The van der Waals surface area contributed by atoms with Crippen molar-refractivity contribution in [3.63, 3.8) is 0 Å². The number of carbonyl (C=O) groups excluding carboxylic acids is 1. The second kappa shape index (κ2) is 6.41. The van der Waals surface area contributed by atoms with Gasteiger partial charge in [0.2, 0.25) is 11.7 Å². The lowest BCUT2D eigenvalue weighted by Gasteiger charge is -2.29. The number of hydrogen-bond acceptors (Lipinski definition) is 6. The summed E-state index contributed by atoms with van der Waals surface area (Å²) in [6.45, 7) is 2.26. The first-order valence-electron chi connectivity index (χ1n) is 7.13. The van der Waals surface area contributed by atoms with Crippen molar-refractivity contribution in [3.05, 3.63) is 18.0 Å². The van der Waals surface area contributed by atoms with Crippen LogP contribution in [0.1, 0.15) is 12.2 Å². The van der Waals surface area contributed by atoms with Crippen molar-refractivity contribution in [1.29, 1.82) is 0 Å². The highest BCUT2D eigenvalue weighted by Gasteiger charge is 2.21. The highest BCUT2D eigenvalue weighted by atomic mass is 19.3. The lowest BCUT2D eigenvalue weighted by molar-refractivity contribution is -0.133. The number of alkyl halides is 2. The van der Waals surface area contributed by atoms with Crippen molar-refractivity contribution in [2.45, 2.75) is 6.43 Å². The molecular weight excluding hydrogens is 310 g/mol. The number of amides is 1. The Morgan fingerprint density at radius 1 is 1.35 bits per heavy atom. The van der Waals surface area contributed by atoms with Crippen molar-refractivity contribution in [1.82, 2.24) is 24.7 Å². The van der Waals surface area contributed by atoms with Crippen LogP contribution in [0, 0.1) is 0 Å². The van der Waals surface area contributed by atoms with E-state index in [4.69, 9.17) is 4.74 Å². The van der Waals surface area contributed by atoms with E-state index in [1.165, 1.54) is 6.07 Å². The number of hydrogen-bond donors (Lipinski definition) is 0. The number of fused-ring (bicyclic) bond motifs is 1. The third kappa shape index (κ3) is 3.21. The van der Waals surface area contributed by atoms with Gasteiger partial charge >= 0.3 is 0 Å². The zero-order chi connectivity index (χ0) is 16.4. The lowest BCUT2D eigenvalue weighted by atomic mass is 10.3. The van der Waals surface area contributed by atoms with E-state index >= 15 is 0 Å². The number of rotatable bonds is 4. The molecule has 1 fully saturated rings. The minimum atomic E-state index is -2.77. The molecule has 0 bridgehead atoms. The Labute approximate surface area is 130 Å². The summed E-state index contributed by atoms with van der Waals surface area (Å²) >= 11 is 0. The molecule has 124 valence electrons. The summed E-state index contributed by atoms with van der Waals surface area (Å²) in [5, 5.41) is 11.2. The monoisotopic (exact) mass is 326 g/mol. The Balaban J connectivity index is 1.76. The second-order valence-electron chi connectivity index (χ2n) is 5.17. The highest BCUT2D eigenvalue weighted by Crippen LogP contribution is 2.18. The topological polar surface area (TPSA) is 75.9 Å². The Hall–Kier alpha value is -2.36. The second-order valence-corrected chi connectivity index (χ2v) is 5.17. The van der Waals surface area contributed by atoms with Crippen molar-refractivity contribution < 1.29 is 18.3 Å². The fourth-order valence-corrected chi connectivity index (χ4v) is 2.33. The lowest BCUT2D eigenvalue weighted by Crippen LogP contribution is -2.45. The van der Waals surface area contributed by atoms with Crippen molar-refractivity contribution >= 4 is 17.4 Å². The summed E-state index contributed by atoms with van der Waals surface area (Å²) in [6, 6.07) is 3.16. The van der Waals surface area contributed by atoms with Gasteiger partial charge in [0.25, 0.3) is 6.43 Å². The SMILES string of the molecule is CN(CC(=O)N1CCOCC1)c1ccc2nnc(C(F)F)n2n1. The Morgan fingerprint density at radius 3 is 2.78 bits per heavy atom. The van der Waals surface area contributed by atoms with E-state index in [-0.39, 0.29) is 18.1 Å². The molecule has 23 heavy (non-hydrogen) atoms. The third-order valence-electron chi connectivity index (χ3n) is 3.60. The summed E-state index contributed by atoms with van der Waals surface area (Å²) in [5.74, 6) is -0.189. The van der Waals surface area contributed by atoms with Crippen LogP contribution >= 0.6 is 0 Å². The standard InChI is InChI=1S/C13H16F2N6O2/c1-19(8-11(22)20-4-6-23-7-5-20)10-3-2-9-16-17-13(12(14)15)21(9)18-10/h2-3,12H,4-8H2,1H3. The molecule has 0 radical (unpaired) electrons. The first-order chi connectivity index (χ1) is 11.1. The largest absolute Gasteiger partial charge is 0.378 e. The average Bonchev–Trinajstić information content (AvgIpc) is 2.98. The van der Waals surface area contributed by atoms with Crippen LogP contribution in [0.4, 0.5) is 14.6 Å². The van der Waals surface area contributed by atoms with Gasteiger partial charge in [0.15, 0.2) is 5.65 Å². The van der Waals surface area contributed by atoms with Crippen LogP contribution in [0.3, 0.4) is 0 Å². The molecule has 8 nitrogen and oxygen atoms in total. The fraction of sp³-hybridized carbons (Fsp3) is 0.538. The van der Waals surface area contributed by atoms with Gasteiger partial charge in [-0.1, -0.05) is 0 Å². The maximum absolute atomic E-state index is 12.9. The fourth-order valence-electron chi connectivity index (χ4n) is 2.33. The molecule has 1 saturated heterocycles. The van der Waals surface area contributed by atoms with Gasteiger partial charge in [-0.05, 0) is 12.1 Å². The number of anilines is 1. The zero-order valence-electron chi connectivity index (χ0n) is 12.5. The molecule has 1 aliphatic heterocycles. The summed E-state index contributed by atoms with van der Waals surface area (Å²) in [4.78, 5) is 15.5. The van der Waals surface area contributed by atoms with E-state index in [2.05, 4.69) is 15.3 Å². The molecule has 0 atom stereocenters. The van der Waals surface area contributed by atoms with Crippen LogP contribution in [0.25, 0.3) is 5.65 Å². The molecule has 0 saturated carbocycles. The van der Waals surface area contributed by atoms with Crippen LogP contribution in [0.15, 0.2) is 12.1 Å². The van der Waals surface area contributed by atoms with Gasteiger partial charge in [0.1, 0.15) is 5.82 Å². The predicted octanol–water partition coefficient (Wildman–Crippen LogP) is 0.357. The first kappa shape index (κ1) is 15.5. The van der Waals surface area contributed by atoms with Crippen molar-refractivity contribution in [2.24, 2.45) is 0 Å². The maximum atomic E-state index is 12.9. The van der Waals surface area contributed by atoms with Crippen molar-refractivity contribution in [3.8, 4) is 0 Å². The van der Waals surface area contributed by atoms with Gasteiger partial charge in [-0.25, -0.2) is 8.78 Å². The van der Waals surface area contributed by atoms with Gasteiger partial charge in [0, 0.05) is 20.1 Å². The molecule has 0 aliphatic carbocycles. The number of likely N-dealkylation sites (N-methyl/N-ethyl adjacent to an activating group) is 1. The Morgan fingerprint density at radius 2 is 2.09 bits per heavy atom. The van der Waals surface area contributed by atoms with Gasteiger partial charge in [-0.15, -0.1) is 15.3 Å². The van der Waals surface area contributed by atoms with Crippen LogP contribution in [-0.2, 0) is 9.53 Å². The number of morpholine rings is 1. The van der Waals surface area contributed by atoms with Crippen LogP contribution in [-0.4, -0.2) is 70.5 Å². The van der Waals surface area contributed by atoms with E-state index < -0.39 is 12.2 Å². The quantitative estimate of drug-likeness (QED) is 0.807. The normalized spacial score (nSPS) is 15.4. The van der Waals surface area contributed by atoms with E-state index in [0.717, 1.165) is 4.52 Å². The molecule has 0 N–H and O–H groups in total. The van der Waals surface area contributed by atoms with E-state index in [1.54, 1.807) is 22.9 Å². The zero-order valence-corrected chi connectivity index (χ0v) is 12.5. The highest BCUT2D eigenvalue weighted by molar-refractivity contribution is 5.81. The number of halogens is 2. The van der Waals surface area contributed by atoms with Crippen molar-refractivity contribution in [2.75, 3.05) is 44.8 Å². The van der Waals surface area contributed by atoms with E-state index in [1.807, 2.05) is 0 Å². The molecule has 0 aromatic carbocycles. The molecule has 1 amide bonds. The van der Waals surface area contributed by atoms with Gasteiger partial charge in [-0.3, -0.25) is 4.79 Å². The first-order valence-corrected chi connectivity index (χ1v) is 7.13. The number of nitrogens with zero attached hydrogens (tertiary/aromatic N) is 6. The smallest absolute Gasteiger partial charge is 0.299 e. The van der Waals surface area contributed by atoms with Gasteiger partial charge < -0.3 is 14.5 Å². The van der Waals surface area contributed by atoms with Gasteiger partial charge in [0.05, 0.1) is 19.8 Å². The van der Waals surface area contributed by atoms with Gasteiger partial charge in [-0.2, -0.15) is 4.52 Å². The average molecular weight is 326 g/mol. The minimum absolute atomic E-state index is 0.0597. The summed E-state index contributed by atoms with van der Waals surface area (Å²) < 4.78 is 31.9. The predicted molar refractivity (Wildman–Crippen MR) is 76.4 cm³/mol. The molecule has 2 aromatic rings. The van der Waals surface area contributed by atoms with Crippen LogP contribution in [0.2, 0.25) is 0 Å². The molecule has 2 aromatic heterocycles. The maximum Gasteiger partial charge on any atom is 0.299 e. The number of aromatic nitrogens is 4. The molecule has 3 rings (SSSR count). The molecule has 0 unspecified atom stereocenters. The van der Waals surface area contributed by atoms with Crippen LogP contribution in [0.5, 0.6) is 0 Å². The molecule has 0 spiro atoms.